The largest absolute Gasteiger partial charge is 0.358 e. The Kier molecular flexibility index (Phi) is 3.98. The van der Waals surface area contributed by atoms with Crippen LogP contribution in [0.25, 0.3) is 10.9 Å². The highest BCUT2D eigenvalue weighted by atomic mass is 16.1. The quantitative estimate of drug-likeness (QED) is 0.880. The Bertz CT molecular complexity index is 691. The van der Waals surface area contributed by atoms with Crippen molar-refractivity contribution in [3.8, 4) is 0 Å². The SMILES string of the molecule is CC(C)(C)CC(=O)NCc1ccc2[nH]c3c(c2c1)CCCC3. The van der Waals surface area contributed by atoms with Gasteiger partial charge in [0.2, 0.25) is 5.91 Å². The Hall–Kier alpha value is -1.77. The maximum atomic E-state index is 12.0. The van der Waals surface area contributed by atoms with Gasteiger partial charge in [-0.2, -0.15) is 0 Å². The zero-order chi connectivity index (χ0) is 15.7. The molecule has 1 heterocycles. The Labute approximate surface area is 132 Å². The van der Waals surface area contributed by atoms with E-state index in [4.69, 9.17) is 0 Å². The number of amides is 1. The lowest BCUT2D eigenvalue weighted by molar-refractivity contribution is -0.122. The summed E-state index contributed by atoms with van der Waals surface area (Å²) in [5.41, 5.74) is 5.35. The number of aryl methyl sites for hydroxylation is 2. The van der Waals surface area contributed by atoms with Crippen LogP contribution in [0.1, 0.15) is 56.9 Å². The molecule has 3 rings (SSSR count). The van der Waals surface area contributed by atoms with E-state index in [1.54, 1.807) is 0 Å². The van der Waals surface area contributed by atoms with Gasteiger partial charge in [0.05, 0.1) is 0 Å². The third-order valence-corrected chi connectivity index (χ3v) is 4.34. The van der Waals surface area contributed by atoms with Gasteiger partial charge in [-0.15, -0.1) is 0 Å². The van der Waals surface area contributed by atoms with Crippen molar-refractivity contribution >= 4 is 16.8 Å². The number of H-pyrrole nitrogens is 1. The summed E-state index contributed by atoms with van der Waals surface area (Å²) in [6, 6.07) is 6.51. The van der Waals surface area contributed by atoms with Crippen molar-refractivity contribution in [2.45, 2.75) is 59.4 Å². The molecule has 0 spiro atoms. The first kappa shape index (κ1) is 15.1. The number of aromatic amines is 1. The van der Waals surface area contributed by atoms with Crippen molar-refractivity contribution in [1.82, 2.24) is 10.3 Å². The van der Waals surface area contributed by atoms with Crippen LogP contribution in [0, 0.1) is 5.41 Å². The topological polar surface area (TPSA) is 44.9 Å². The summed E-state index contributed by atoms with van der Waals surface area (Å²) in [6.45, 7) is 6.88. The average molecular weight is 298 g/mol. The van der Waals surface area contributed by atoms with E-state index in [1.165, 1.54) is 53.4 Å². The van der Waals surface area contributed by atoms with Crippen LogP contribution in [0.15, 0.2) is 18.2 Å². The molecule has 1 aromatic heterocycles. The second-order valence-corrected chi connectivity index (χ2v) is 7.68. The first-order valence-corrected chi connectivity index (χ1v) is 8.31. The maximum absolute atomic E-state index is 12.0. The number of carbonyl (C=O) groups excluding carboxylic acids is 1. The molecule has 0 unspecified atom stereocenters. The zero-order valence-corrected chi connectivity index (χ0v) is 13.9. The molecule has 0 bridgehead atoms. The highest BCUT2D eigenvalue weighted by Gasteiger charge is 2.17. The van der Waals surface area contributed by atoms with Gasteiger partial charge in [-0.25, -0.2) is 0 Å². The highest BCUT2D eigenvalue weighted by Crippen LogP contribution is 2.29. The highest BCUT2D eigenvalue weighted by molar-refractivity contribution is 5.85. The molecule has 22 heavy (non-hydrogen) atoms. The second kappa shape index (κ2) is 5.79. The third-order valence-electron chi connectivity index (χ3n) is 4.34. The first-order valence-electron chi connectivity index (χ1n) is 8.31. The van der Waals surface area contributed by atoms with Gasteiger partial charge in [-0.3, -0.25) is 4.79 Å². The van der Waals surface area contributed by atoms with E-state index in [1.807, 2.05) is 0 Å². The summed E-state index contributed by atoms with van der Waals surface area (Å²) in [5, 5.41) is 4.39. The summed E-state index contributed by atoms with van der Waals surface area (Å²) in [7, 11) is 0. The Morgan fingerprint density at radius 1 is 1.23 bits per heavy atom. The van der Waals surface area contributed by atoms with Gasteiger partial charge in [-0.1, -0.05) is 26.8 Å². The summed E-state index contributed by atoms with van der Waals surface area (Å²) in [5.74, 6) is 0.128. The minimum atomic E-state index is 0.0355. The average Bonchev–Trinajstić information content (AvgIpc) is 2.81. The number of benzene rings is 1. The lowest BCUT2D eigenvalue weighted by Crippen LogP contribution is -2.27. The molecule has 3 heteroatoms. The lowest BCUT2D eigenvalue weighted by atomic mass is 9.92. The van der Waals surface area contributed by atoms with Crippen LogP contribution in [0.5, 0.6) is 0 Å². The van der Waals surface area contributed by atoms with Crippen molar-refractivity contribution in [3.63, 3.8) is 0 Å². The van der Waals surface area contributed by atoms with Gasteiger partial charge >= 0.3 is 0 Å². The van der Waals surface area contributed by atoms with Gasteiger partial charge in [0.1, 0.15) is 0 Å². The van der Waals surface area contributed by atoms with Crippen LogP contribution in [0.3, 0.4) is 0 Å². The molecule has 1 amide bonds. The summed E-state index contributed by atoms with van der Waals surface area (Å²) in [6.07, 6.45) is 5.48. The Morgan fingerprint density at radius 3 is 2.77 bits per heavy atom. The van der Waals surface area contributed by atoms with Crippen molar-refractivity contribution in [3.05, 3.63) is 35.0 Å². The molecule has 0 saturated carbocycles. The lowest BCUT2D eigenvalue weighted by Gasteiger charge is -2.17. The Morgan fingerprint density at radius 2 is 2.00 bits per heavy atom. The molecule has 0 saturated heterocycles. The van der Waals surface area contributed by atoms with Crippen LogP contribution < -0.4 is 5.32 Å². The summed E-state index contributed by atoms with van der Waals surface area (Å²) in [4.78, 5) is 15.5. The van der Waals surface area contributed by atoms with E-state index < -0.39 is 0 Å². The molecular weight excluding hydrogens is 272 g/mol. The monoisotopic (exact) mass is 298 g/mol. The molecule has 0 aliphatic heterocycles. The van der Waals surface area contributed by atoms with E-state index in [9.17, 15) is 4.79 Å². The molecule has 1 aliphatic carbocycles. The van der Waals surface area contributed by atoms with Crippen LogP contribution in [-0.2, 0) is 24.2 Å². The Balaban J connectivity index is 1.73. The third kappa shape index (κ3) is 3.34. The summed E-state index contributed by atoms with van der Waals surface area (Å²) < 4.78 is 0. The number of carbonyl (C=O) groups is 1. The predicted molar refractivity (Wildman–Crippen MR) is 90.9 cm³/mol. The van der Waals surface area contributed by atoms with E-state index >= 15 is 0 Å². The van der Waals surface area contributed by atoms with E-state index in [0.29, 0.717) is 13.0 Å². The number of hydrogen-bond acceptors (Lipinski definition) is 1. The van der Waals surface area contributed by atoms with Crippen LogP contribution >= 0.6 is 0 Å². The minimum absolute atomic E-state index is 0.0355. The molecule has 0 fully saturated rings. The number of nitrogens with one attached hydrogen (secondary N) is 2. The number of rotatable bonds is 3. The van der Waals surface area contributed by atoms with Crippen molar-refractivity contribution in [2.75, 3.05) is 0 Å². The maximum Gasteiger partial charge on any atom is 0.220 e. The molecule has 1 aromatic carbocycles. The zero-order valence-electron chi connectivity index (χ0n) is 13.9. The van der Waals surface area contributed by atoms with Gasteiger partial charge < -0.3 is 10.3 Å². The smallest absolute Gasteiger partial charge is 0.220 e. The van der Waals surface area contributed by atoms with E-state index in [-0.39, 0.29) is 11.3 Å². The molecule has 1 aliphatic rings. The fraction of sp³-hybridized carbons (Fsp3) is 0.526. The number of fused-ring (bicyclic) bond motifs is 3. The van der Waals surface area contributed by atoms with Crippen molar-refractivity contribution in [1.29, 1.82) is 0 Å². The molecule has 0 atom stereocenters. The minimum Gasteiger partial charge on any atom is -0.358 e. The van der Waals surface area contributed by atoms with Crippen LogP contribution in [-0.4, -0.2) is 10.9 Å². The van der Waals surface area contributed by atoms with Gasteiger partial charge in [0.15, 0.2) is 0 Å². The fourth-order valence-corrected chi connectivity index (χ4v) is 3.31. The standard InChI is InChI=1S/C19H26N2O/c1-19(2,3)11-18(22)20-12-13-8-9-17-15(10-13)14-6-4-5-7-16(14)21-17/h8-10,21H,4-7,11-12H2,1-3H3,(H,20,22). The molecule has 118 valence electrons. The first-order chi connectivity index (χ1) is 10.4. The molecule has 3 nitrogen and oxygen atoms in total. The molecular formula is C19H26N2O. The molecule has 2 N–H and O–H groups in total. The van der Waals surface area contributed by atoms with Gasteiger partial charge in [0, 0.05) is 29.6 Å². The van der Waals surface area contributed by atoms with Crippen LogP contribution in [0.2, 0.25) is 0 Å². The van der Waals surface area contributed by atoms with Crippen molar-refractivity contribution in [2.24, 2.45) is 5.41 Å². The van der Waals surface area contributed by atoms with Gasteiger partial charge in [0.25, 0.3) is 0 Å². The fourth-order valence-electron chi connectivity index (χ4n) is 3.31. The van der Waals surface area contributed by atoms with Crippen LogP contribution in [0.4, 0.5) is 0 Å². The van der Waals surface area contributed by atoms with Crippen molar-refractivity contribution < 1.29 is 4.79 Å². The predicted octanol–water partition coefficient (Wildman–Crippen LogP) is 4.10. The number of hydrogen-bond donors (Lipinski definition) is 2. The van der Waals surface area contributed by atoms with E-state index in [0.717, 1.165) is 0 Å². The number of aromatic nitrogens is 1. The van der Waals surface area contributed by atoms with E-state index in [2.05, 4.69) is 49.3 Å². The normalized spacial score (nSPS) is 14.9. The second-order valence-electron chi connectivity index (χ2n) is 7.68. The van der Waals surface area contributed by atoms with Gasteiger partial charge in [-0.05, 0) is 54.4 Å². The summed E-state index contributed by atoms with van der Waals surface area (Å²) >= 11 is 0. The molecule has 2 aromatic rings. The molecule has 0 radical (unpaired) electrons.